The number of carbonyl (C=O) groups is 2. The van der Waals surface area contributed by atoms with E-state index in [4.69, 9.17) is 9.84 Å². The molecule has 136 valence electrons. The van der Waals surface area contributed by atoms with Crippen molar-refractivity contribution in [2.24, 2.45) is 5.92 Å². The zero-order valence-electron chi connectivity index (χ0n) is 15.3. The van der Waals surface area contributed by atoms with Gasteiger partial charge in [0.05, 0.1) is 12.7 Å². The van der Waals surface area contributed by atoms with E-state index >= 15 is 0 Å². The molecule has 1 aromatic heterocycles. The van der Waals surface area contributed by atoms with Crippen molar-refractivity contribution in [1.82, 2.24) is 9.88 Å². The number of carboxylic acids is 1. The van der Waals surface area contributed by atoms with Crippen molar-refractivity contribution >= 4 is 22.8 Å². The van der Waals surface area contributed by atoms with Crippen LogP contribution in [-0.2, 0) is 11.3 Å². The van der Waals surface area contributed by atoms with E-state index in [1.54, 1.807) is 7.11 Å². The van der Waals surface area contributed by atoms with Gasteiger partial charge in [-0.3, -0.25) is 9.59 Å². The number of benzene rings is 1. The molecule has 1 heterocycles. The first-order valence-corrected chi connectivity index (χ1v) is 8.55. The molecule has 0 aliphatic heterocycles. The summed E-state index contributed by atoms with van der Waals surface area (Å²) in [5.74, 6) is -0.459. The van der Waals surface area contributed by atoms with Crippen LogP contribution in [0, 0.1) is 12.8 Å². The van der Waals surface area contributed by atoms with E-state index in [0.717, 1.165) is 29.6 Å². The normalized spacial score (nSPS) is 12.2. The van der Waals surface area contributed by atoms with E-state index in [1.165, 1.54) is 0 Å². The fraction of sp³-hybridized carbons (Fsp3) is 0.474. The van der Waals surface area contributed by atoms with E-state index < -0.39 is 5.97 Å². The summed E-state index contributed by atoms with van der Waals surface area (Å²) in [5, 5.41) is 12.6. The van der Waals surface area contributed by atoms with Crippen LogP contribution in [-0.4, -0.2) is 35.2 Å². The number of hydrogen-bond donors (Lipinski definition) is 2. The van der Waals surface area contributed by atoms with E-state index in [-0.39, 0.29) is 18.2 Å². The number of fused-ring (bicyclic) bond motifs is 1. The molecule has 2 aromatic rings. The zero-order valence-corrected chi connectivity index (χ0v) is 15.3. The number of rotatable bonds is 8. The van der Waals surface area contributed by atoms with Crippen LogP contribution in [0.2, 0.25) is 0 Å². The maximum Gasteiger partial charge on any atom is 0.303 e. The molecule has 25 heavy (non-hydrogen) atoms. The Labute approximate surface area is 147 Å². The summed E-state index contributed by atoms with van der Waals surface area (Å²) in [6, 6.07) is 5.75. The van der Waals surface area contributed by atoms with Crippen LogP contribution >= 0.6 is 0 Å². The fourth-order valence-corrected chi connectivity index (χ4v) is 3.11. The van der Waals surface area contributed by atoms with Crippen molar-refractivity contribution in [1.29, 1.82) is 0 Å². The minimum atomic E-state index is -0.859. The first-order chi connectivity index (χ1) is 11.9. The SMILES string of the molecule is CCCn1c(C)c(C(=O)NCC(C)CC(=O)O)c2cc(OC)ccc21. The topological polar surface area (TPSA) is 80.6 Å². The number of nitrogens with zero attached hydrogens (tertiary/aromatic N) is 1. The molecule has 2 rings (SSSR count). The van der Waals surface area contributed by atoms with Gasteiger partial charge in [0.25, 0.3) is 5.91 Å². The number of carboxylic acid groups (broad SMARTS) is 1. The maximum absolute atomic E-state index is 12.8. The molecule has 0 saturated carbocycles. The Kier molecular flexibility index (Phi) is 6.07. The number of aryl methyl sites for hydroxylation is 1. The molecule has 6 heteroatoms. The largest absolute Gasteiger partial charge is 0.497 e. The van der Waals surface area contributed by atoms with Crippen LogP contribution in [0.15, 0.2) is 18.2 Å². The molecule has 1 unspecified atom stereocenters. The van der Waals surface area contributed by atoms with Gasteiger partial charge in [0, 0.05) is 36.1 Å². The van der Waals surface area contributed by atoms with E-state index in [2.05, 4.69) is 16.8 Å². The summed E-state index contributed by atoms with van der Waals surface area (Å²) in [5.41, 5.74) is 2.54. The highest BCUT2D eigenvalue weighted by Gasteiger charge is 2.21. The molecule has 0 spiro atoms. The molecule has 0 saturated heterocycles. The van der Waals surface area contributed by atoms with Gasteiger partial charge in [-0.05, 0) is 37.5 Å². The van der Waals surface area contributed by atoms with Crippen molar-refractivity contribution < 1.29 is 19.4 Å². The molecule has 1 aromatic carbocycles. The molecular weight excluding hydrogens is 320 g/mol. The van der Waals surface area contributed by atoms with Crippen LogP contribution in [0.5, 0.6) is 5.75 Å². The van der Waals surface area contributed by atoms with Gasteiger partial charge in [-0.15, -0.1) is 0 Å². The Hall–Kier alpha value is -2.50. The van der Waals surface area contributed by atoms with Crippen LogP contribution in [0.1, 0.15) is 42.7 Å². The Morgan fingerprint density at radius 1 is 1.36 bits per heavy atom. The average molecular weight is 346 g/mol. The van der Waals surface area contributed by atoms with Gasteiger partial charge in [-0.2, -0.15) is 0 Å². The second kappa shape index (κ2) is 8.05. The summed E-state index contributed by atoms with van der Waals surface area (Å²) in [6.45, 7) is 7.01. The lowest BCUT2D eigenvalue weighted by molar-refractivity contribution is -0.137. The summed E-state index contributed by atoms with van der Waals surface area (Å²) in [4.78, 5) is 23.5. The number of aliphatic carboxylic acids is 1. The Morgan fingerprint density at radius 2 is 2.08 bits per heavy atom. The number of methoxy groups -OCH3 is 1. The third-order valence-corrected chi connectivity index (χ3v) is 4.34. The number of hydrogen-bond acceptors (Lipinski definition) is 3. The van der Waals surface area contributed by atoms with E-state index in [9.17, 15) is 9.59 Å². The highest BCUT2D eigenvalue weighted by atomic mass is 16.5. The third-order valence-electron chi connectivity index (χ3n) is 4.34. The lowest BCUT2D eigenvalue weighted by Crippen LogP contribution is -2.29. The van der Waals surface area contributed by atoms with Crippen molar-refractivity contribution in [3.05, 3.63) is 29.5 Å². The van der Waals surface area contributed by atoms with Gasteiger partial charge in [-0.1, -0.05) is 13.8 Å². The van der Waals surface area contributed by atoms with E-state index in [0.29, 0.717) is 17.9 Å². The fourth-order valence-electron chi connectivity index (χ4n) is 3.11. The summed E-state index contributed by atoms with van der Waals surface area (Å²) in [6.07, 6.45) is 0.998. The zero-order chi connectivity index (χ0) is 18.6. The monoisotopic (exact) mass is 346 g/mol. The summed E-state index contributed by atoms with van der Waals surface area (Å²) < 4.78 is 7.45. The van der Waals surface area contributed by atoms with Crippen LogP contribution in [0.3, 0.4) is 0 Å². The van der Waals surface area contributed by atoms with E-state index in [1.807, 2.05) is 32.0 Å². The van der Waals surface area contributed by atoms with Gasteiger partial charge in [0.15, 0.2) is 0 Å². The van der Waals surface area contributed by atoms with Crippen molar-refractivity contribution in [3.8, 4) is 5.75 Å². The molecule has 6 nitrogen and oxygen atoms in total. The van der Waals surface area contributed by atoms with Gasteiger partial charge in [0.2, 0.25) is 0 Å². The molecule has 0 bridgehead atoms. The first kappa shape index (κ1) is 18.8. The number of nitrogens with one attached hydrogen (secondary N) is 1. The third kappa shape index (κ3) is 4.13. The standard InChI is InChI=1S/C19H26N2O4/c1-5-8-21-13(3)18(15-10-14(25-4)6-7-16(15)21)19(24)20-11-12(2)9-17(22)23/h6-7,10,12H,5,8-9,11H2,1-4H3,(H,20,24)(H,22,23). The molecule has 1 atom stereocenters. The second-order valence-corrected chi connectivity index (χ2v) is 6.41. The van der Waals surface area contributed by atoms with Crippen molar-refractivity contribution in [3.63, 3.8) is 0 Å². The Morgan fingerprint density at radius 3 is 2.68 bits per heavy atom. The lowest BCUT2D eigenvalue weighted by atomic mass is 10.1. The molecule has 0 aliphatic carbocycles. The molecule has 0 fully saturated rings. The van der Waals surface area contributed by atoms with Crippen LogP contribution in [0.25, 0.3) is 10.9 Å². The average Bonchev–Trinajstić information content (AvgIpc) is 2.84. The Balaban J connectivity index is 2.36. The van der Waals surface area contributed by atoms with Crippen molar-refractivity contribution in [2.75, 3.05) is 13.7 Å². The molecule has 1 amide bonds. The summed E-state index contributed by atoms with van der Waals surface area (Å²) in [7, 11) is 1.60. The smallest absolute Gasteiger partial charge is 0.303 e. The van der Waals surface area contributed by atoms with Gasteiger partial charge < -0.3 is 19.7 Å². The Bertz CT molecular complexity index is 779. The minimum Gasteiger partial charge on any atom is -0.497 e. The first-order valence-electron chi connectivity index (χ1n) is 8.55. The quantitative estimate of drug-likeness (QED) is 0.769. The predicted molar refractivity (Wildman–Crippen MR) is 97.3 cm³/mol. The maximum atomic E-state index is 12.8. The number of ether oxygens (including phenoxy) is 1. The lowest BCUT2D eigenvalue weighted by Gasteiger charge is -2.11. The highest BCUT2D eigenvalue weighted by Crippen LogP contribution is 2.29. The van der Waals surface area contributed by atoms with Crippen molar-refractivity contribution in [2.45, 2.75) is 40.2 Å². The van der Waals surface area contributed by atoms with Crippen LogP contribution in [0.4, 0.5) is 0 Å². The number of carbonyl (C=O) groups excluding carboxylic acids is 1. The second-order valence-electron chi connectivity index (χ2n) is 6.41. The number of amides is 1. The summed E-state index contributed by atoms with van der Waals surface area (Å²) >= 11 is 0. The molecular formula is C19H26N2O4. The van der Waals surface area contributed by atoms with Gasteiger partial charge in [-0.25, -0.2) is 0 Å². The highest BCUT2D eigenvalue weighted by molar-refractivity contribution is 6.08. The number of aromatic nitrogens is 1. The van der Waals surface area contributed by atoms with Gasteiger partial charge in [0.1, 0.15) is 5.75 Å². The molecule has 0 aliphatic rings. The van der Waals surface area contributed by atoms with Gasteiger partial charge >= 0.3 is 5.97 Å². The molecule has 0 radical (unpaired) electrons. The molecule has 2 N–H and O–H groups in total. The van der Waals surface area contributed by atoms with Crippen LogP contribution < -0.4 is 10.1 Å². The minimum absolute atomic E-state index is 0.0324. The predicted octanol–water partition coefficient (Wildman–Crippen LogP) is 3.21.